The zero-order valence-electron chi connectivity index (χ0n) is 11.8. The first kappa shape index (κ1) is 13.2. The fourth-order valence-corrected chi connectivity index (χ4v) is 3.56. The number of likely N-dealkylation sites (tertiary alicyclic amines) is 1. The number of carbonyl (C=O) groups excluding carboxylic acids is 1. The maximum absolute atomic E-state index is 12.5. The minimum Gasteiger partial charge on any atom is -0.344 e. The highest BCUT2D eigenvalue weighted by atomic mass is 32.1. The number of thiophene rings is 1. The Kier molecular flexibility index (Phi) is 3.23. The summed E-state index contributed by atoms with van der Waals surface area (Å²) in [5.41, 5.74) is 1.25. The van der Waals surface area contributed by atoms with E-state index in [2.05, 4.69) is 15.0 Å². The van der Waals surface area contributed by atoms with Crippen molar-refractivity contribution in [1.29, 1.82) is 0 Å². The summed E-state index contributed by atoms with van der Waals surface area (Å²) in [6, 6.07) is 7.86. The number of carbonyl (C=O) groups is 1. The van der Waals surface area contributed by atoms with Gasteiger partial charge in [-0.15, -0.1) is 11.3 Å². The first-order valence-electron chi connectivity index (χ1n) is 7.10. The summed E-state index contributed by atoms with van der Waals surface area (Å²) in [5, 5.41) is 0. The Morgan fingerprint density at radius 3 is 2.73 bits per heavy atom. The first-order chi connectivity index (χ1) is 10.8. The number of hydrogen-bond acceptors (Lipinski definition) is 4. The van der Waals surface area contributed by atoms with Crippen molar-refractivity contribution >= 4 is 17.2 Å². The molecule has 0 unspecified atom stereocenters. The second kappa shape index (κ2) is 5.38. The number of hydrogen-bond donors (Lipinski definition) is 1. The second-order valence-electron chi connectivity index (χ2n) is 5.29. The maximum atomic E-state index is 12.5. The number of aromatic amines is 1. The Balaban J connectivity index is 1.44. The lowest BCUT2D eigenvalue weighted by atomic mass is 9.92. The lowest BCUT2D eigenvalue weighted by molar-refractivity contribution is 0.0607. The molecule has 0 aromatic carbocycles. The number of amides is 1. The SMILES string of the molecule is O=C(c1ccc(-c2ncc[nH]2)s1)N1CC(c2ccncc2)C1. The van der Waals surface area contributed by atoms with Crippen LogP contribution in [0.4, 0.5) is 0 Å². The molecule has 3 aromatic heterocycles. The van der Waals surface area contributed by atoms with E-state index in [4.69, 9.17) is 0 Å². The highest BCUT2D eigenvalue weighted by Crippen LogP contribution is 2.31. The van der Waals surface area contributed by atoms with Crippen molar-refractivity contribution in [3.05, 3.63) is 59.5 Å². The van der Waals surface area contributed by atoms with Crippen LogP contribution in [0.25, 0.3) is 10.7 Å². The molecule has 5 nitrogen and oxygen atoms in total. The first-order valence-corrected chi connectivity index (χ1v) is 7.92. The Morgan fingerprint density at radius 2 is 2.00 bits per heavy atom. The Hall–Kier alpha value is -2.47. The Bertz CT molecular complexity index is 776. The molecular formula is C16H14N4OS. The molecule has 1 saturated heterocycles. The molecule has 0 radical (unpaired) electrons. The third kappa shape index (κ3) is 2.31. The van der Waals surface area contributed by atoms with Gasteiger partial charge in [-0.05, 0) is 29.8 Å². The Morgan fingerprint density at radius 1 is 1.18 bits per heavy atom. The molecule has 1 aliphatic heterocycles. The van der Waals surface area contributed by atoms with Crippen LogP contribution in [0.3, 0.4) is 0 Å². The molecule has 0 atom stereocenters. The lowest BCUT2D eigenvalue weighted by Gasteiger charge is -2.39. The van der Waals surface area contributed by atoms with Crippen molar-refractivity contribution in [3.63, 3.8) is 0 Å². The second-order valence-corrected chi connectivity index (χ2v) is 6.37. The van der Waals surface area contributed by atoms with Crippen LogP contribution in [-0.2, 0) is 0 Å². The molecule has 6 heteroatoms. The molecule has 1 aliphatic rings. The van der Waals surface area contributed by atoms with E-state index >= 15 is 0 Å². The van der Waals surface area contributed by atoms with Gasteiger partial charge in [0, 0.05) is 43.8 Å². The monoisotopic (exact) mass is 310 g/mol. The Labute approximate surface area is 131 Å². The summed E-state index contributed by atoms with van der Waals surface area (Å²) >= 11 is 1.48. The van der Waals surface area contributed by atoms with Crippen LogP contribution in [0, 0.1) is 0 Å². The van der Waals surface area contributed by atoms with Crippen LogP contribution in [0.2, 0.25) is 0 Å². The number of rotatable bonds is 3. The van der Waals surface area contributed by atoms with Crippen molar-refractivity contribution in [2.75, 3.05) is 13.1 Å². The summed E-state index contributed by atoms with van der Waals surface area (Å²) in [6.45, 7) is 1.55. The van der Waals surface area contributed by atoms with Gasteiger partial charge in [0.2, 0.25) is 0 Å². The van der Waals surface area contributed by atoms with Gasteiger partial charge in [0.25, 0.3) is 5.91 Å². The zero-order valence-corrected chi connectivity index (χ0v) is 12.6. The van der Waals surface area contributed by atoms with Crippen LogP contribution < -0.4 is 0 Å². The molecule has 22 heavy (non-hydrogen) atoms. The molecule has 0 saturated carbocycles. The van der Waals surface area contributed by atoms with E-state index in [0.717, 1.165) is 28.7 Å². The minimum atomic E-state index is 0.105. The van der Waals surface area contributed by atoms with Gasteiger partial charge in [0.15, 0.2) is 0 Å². The molecular weight excluding hydrogens is 296 g/mol. The van der Waals surface area contributed by atoms with Crippen LogP contribution in [0.15, 0.2) is 49.1 Å². The molecule has 4 heterocycles. The third-order valence-electron chi connectivity index (χ3n) is 3.89. The summed E-state index contributed by atoms with van der Waals surface area (Å²) in [6.07, 6.45) is 7.10. The van der Waals surface area contributed by atoms with E-state index < -0.39 is 0 Å². The maximum Gasteiger partial charge on any atom is 0.263 e. The molecule has 3 aromatic rings. The highest BCUT2D eigenvalue weighted by Gasteiger charge is 2.32. The van der Waals surface area contributed by atoms with Gasteiger partial charge in [-0.3, -0.25) is 9.78 Å². The average Bonchev–Trinajstić information content (AvgIpc) is 3.18. The quantitative estimate of drug-likeness (QED) is 0.809. The number of pyridine rings is 1. The molecule has 1 fully saturated rings. The van der Waals surface area contributed by atoms with Crippen molar-refractivity contribution < 1.29 is 4.79 Å². The van der Waals surface area contributed by atoms with E-state index in [1.165, 1.54) is 16.9 Å². The molecule has 0 spiro atoms. The van der Waals surface area contributed by atoms with Gasteiger partial charge in [-0.25, -0.2) is 4.98 Å². The number of H-pyrrole nitrogens is 1. The fraction of sp³-hybridized carbons (Fsp3) is 0.188. The van der Waals surface area contributed by atoms with Gasteiger partial charge in [-0.2, -0.15) is 0 Å². The van der Waals surface area contributed by atoms with E-state index in [9.17, 15) is 4.79 Å². The topological polar surface area (TPSA) is 61.9 Å². The molecule has 110 valence electrons. The van der Waals surface area contributed by atoms with Crippen molar-refractivity contribution in [1.82, 2.24) is 19.9 Å². The fourth-order valence-electron chi connectivity index (χ4n) is 2.63. The van der Waals surface area contributed by atoms with Crippen LogP contribution in [0.5, 0.6) is 0 Å². The number of aromatic nitrogens is 3. The van der Waals surface area contributed by atoms with Crippen molar-refractivity contribution in [2.24, 2.45) is 0 Å². The van der Waals surface area contributed by atoms with Crippen molar-refractivity contribution in [3.8, 4) is 10.7 Å². The molecule has 1 N–H and O–H groups in total. The van der Waals surface area contributed by atoms with E-state index in [-0.39, 0.29) is 5.91 Å². The molecule has 0 aliphatic carbocycles. The normalized spacial score (nSPS) is 14.8. The van der Waals surface area contributed by atoms with Crippen LogP contribution in [-0.4, -0.2) is 38.8 Å². The minimum absolute atomic E-state index is 0.105. The van der Waals surface area contributed by atoms with E-state index in [0.29, 0.717) is 5.92 Å². The lowest BCUT2D eigenvalue weighted by Crippen LogP contribution is -2.48. The van der Waals surface area contributed by atoms with Gasteiger partial charge in [0.05, 0.1) is 9.75 Å². The third-order valence-corrected chi connectivity index (χ3v) is 4.97. The van der Waals surface area contributed by atoms with Gasteiger partial charge in [-0.1, -0.05) is 0 Å². The molecule has 4 rings (SSSR count). The summed E-state index contributed by atoms with van der Waals surface area (Å²) in [4.78, 5) is 27.4. The molecule has 1 amide bonds. The summed E-state index contributed by atoms with van der Waals surface area (Å²) < 4.78 is 0. The highest BCUT2D eigenvalue weighted by molar-refractivity contribution is 7.17. The number of nitrogens with one attached hydrogen (secondary N) is 1. The van der Waals surface area contributed by atoms with E-state index in [1.807, 2.05) is 29.2 Å². The summed E-state index contributed by atoms with van der Waals surface area (Å²) in [7, 11) is 0. The van der Waals surface area contributed by atoms with Crippen LogP contribution >= 0.6 is 11.3 Å². The van der Waals surface area contributed by atoms with Gasteiger partial charge < -0.3 is 9.88 Å². The van der Waals surface area contributed by atoms with Gasteiger partial charge >= 0.3 is 0 Å². The zero-order chi connectivity index (χ0) is 14.9. The van der Waals surface area contributed by atoms with Crippen LogP contribution in [0.1, 0.15) is 21.2 Å². The largest absolute Gasteiger partial charge is 0.344 e. The van der Waals surface area contributed by atoms with Gasteiger partial charge in [0.1, 0.15) is 5.82 Å². The predicted octanol–water partition coefficient (Wildman–Crippen LogP) is 2.77. The van der Waals surface area contributed by atoms with E-state index in [1.54, 1.807) is 24.8 Å². The predicted molar refractivity (Wildman–Crippen MR) is 84.8 cm³/mol. The average molecular weight is 310 g/mol. The standard InChI is InChI=1S/C16H14N4OS/c21-16(14-2-1-13(22-14)15-18-7-8-19-15)20-9-12(10-20)11-3-5-17-6-4-11/h1-8,12H,9-10H2,(H,18,19). The number of imidazole rings is 1. The van der Waals surface area contributed by atoms with Crippen molar-refractivity contribution in [2.45, 2.75) is 5.92 Å². The summed E-state index contributed by atoms with van der Waals surface area (Å²) in [5.74, 6) is 1.34. The molecule has 0 bridgehead atoms. The number of nitrogens with zero attached hydrogens (tertiary/aromatic N) is 3. The smallest absolute Gasteiger partial charge is 0.263 e.